The number of carbonyl (C=O) groups excluding carboxylic acids is 1. The average Bonchev–Trinajstić information content (AvgIpc) is 2.80. The zero-order chi connectivity index (χ0) is 22.2. The lowest BCUT2D eigenvalue weighted by Gasteiger charge is -2.06. The summed E-state index contributed by atoms with van der Waals surface area (Å²) < 4.78 is 5.73. The summed E-state index contributed by atoms with van der Waals surface area (Å²) in [4.78, 5) is 10.8. The third kappa shape index (κ3) is 18.0. The second-order valence-corrected chi connectivity index (χ2v) is 9.26. The molecule has 0 heterocycles. The molecule has 0 saturated heterocycles. The number of ether oxygens (including phenoxy) is 1. The van der Waals surface area contributed by atoms with Crippen molar-refractivity contribution in [2.24, 2.45) is 0 Å². The molecule has 0 bridgehead atoms. The predicted molar refractivity (Wildman–Crippen MR) is 135 cm³/mol. The van der Waals surface area contributed by atoms with Gasteiger partial charge in [0.05, 0.1) is 6.61 Å². The van der Waals surface area contributed by atoms with E-state index in [4.69, 9.17) is 4.74 Å². The molecule has 1 rings (SSSR count). The van der Waals surface area contributed by atoms with Crippen molar-refractivity contribution in [1.82, 2.24) is 0 Å². The Balaban J connectivity index is 1.72. The van der Waals surface area contributed by atoms with Crippen molar-refractivity contribution in [3.63, 3.8) is 0 Å². The van der Waals surface area contributed by atoms with Crippen molar-refractivity contribution in [2.45, 2.75) is 135 Å². The number of unbranched alkanes of at least 4 members (excludes halogenated alkanes) is 19. The van der Waals surface area contributed by atoms with Crippen LogP contribution in [0.3, 0.4) is 0 Å². The van der Waals surface area contributed by atoms with Gasteiger partial charge >= 0.3 is 0 Å². The van der Waals surface area contributed by atoms with E-state index in [0.29, 0.717) is 5.56 Å². The standard InChI is InChI=1S/C29H50O2/c1-2-3-4-5-6-7-8-9-10-11-12-13-14-15-16-17-18-19-20-21-25-31-29-24-22-23-28(26-29)27-30/h22-24,26-27H,2-21,25H2,1H3. The van der Waals surface area contributed by atoms with E-state index >= 15 is 0 Å². The molecule has 31 heavy (non-hydrogen) atoms. The van der Waals surface area contributed by atoms with E-state index in [1.807, 2.05) is 18.2 Å². The molecular weight excluding hydrogens is 380 g/mol. The van der Waals surface area contributed by atoms with Crippen molar-refractivity contribution >= 4 is 6.29 Å². The maximum atomic E-state index is 10.8. The average molecular weight is 431 g/mol. The molecule has 0 aliphatic heterocycles. The topological polar surface area (TPSA) is 26.3 Å². The normalized spacial score (nSPS) is 11.0. The maximum Gasteiger partial charge on any atom is 0.150 e. The molecule has 0 unspecified atom stereocenters. The van der Waals surface area contributed by atoms with E-state index in [0.717, 1.165) is 25.1 Å². The highest BCUT2D eigenvalue weighted by Crippen LogP contribution is 2.16. The fourth-order valence-electron chi connectivity index (χ4n) is 4.22. The lowest BCUT2D eigenvalue weighted by molar-refractivity contribution is 0.112. The van der Waals surface area contributed by atoms with Crippen LogP contribution in [0.5, 0.6) is 5.75 Å². The number of hydrogen-bond acceptors (Lipinski definition) is 2. The fourth-order valence-corrected chi connectivity index (χ4v) is 4.22. The zero-order valence-electron chi connectivity index (χ0n) is 20.6. The van der Waals surface area contributed by atoms with Crippen LogP contribution in [0.25, 0.3) is 0 Å². The van der Waals surface area contributed by atoms with Gasteiger partial charge in [-0.25, -0.2) is 0 Å². The van der Waals surface area contributed by atoms with Crippen LogP contribution in [0.15, 0.2) is 24.3 Å². The fraction of sp³-hybridized carbons (Fsp3) is 0.759. The monoisotopic (exact) mass is 430 g/mol. The van der Waals surface area contributed by atoms with Gasteiger partial charge in [-0.2, -0.15) is 0 Å². The minimum absolute atomic E-state index is 0.681. The van der Waals surface area contributed by atoms with Gasteiger partial charge in [-0.15, -0.1) is 0 Å². The highest BCUT2D eigenvalue weighted by atomic mass is 16.5. The summed E-state index contributed by atoms with van der Waals surface area (Å²) in [6.45, 7) is 3.04. The molecule has 0 amide bonds. The SMILES string of the molecule is CCCCCCCCCCCCCCCCCCCCCCOc1cccc(C=O)c1. The van der Waals surface area contributed by atoms with E-state index in [1.54, 1.807) is 6.07 Å². The molecule has 178 valence electrons. The first-order valence-electron chi connectivity index (χ1n) is 13.5. The van der Waals surface area contributed by atoms with Crippen LogP contribution >= 0.6 is 0 Å². The Morgan fingerprint density at radius 2 is 1.03 bits per heavy atom. The molecule has 1 aromatic carbocycles. The third-order valence-corrected chi connectivity index (χ3v) is 6.26. The highest BCUT2D eigenvalue weighted by molar-refractivity contribution is 5.75. The van der Waals surface area contributed by atoms with Crippen LogP contribution < -0.4 is 4.74 Å². The van der Waals surface area contributed by atoms with Gasteiger partial charge in [-0.05, 0) is 18.6 Å². The molecular formula is C29H50O2. The van der Waals surface area contributed by atoms with E-state index in [-0.39, 0.29) is 0 Å². The van der Waals surface area contributed by atoms with Crippen LogP contribution in [0.1, 0.15) is 146 Å². The minimum atomic E-state index is 0.681. The molecule has 0 aliphatic rings. The molecule has 0 aliphatic carbocycles. The quantitative estimate of drug-likeness (QED) is 0.127. The number of benzene rings is 1. The molecule has 0 spiro atoms. The van der Waals surface area contributed by atoms with Crippen LogP contribution in [-0.4, -0.2) is 12.9 Å². The smallest absolute Gasteiger partial charge is 0.150 e. The summed E-state index contributed by atoms with van der Waals surface area (Å²) in [5, 5.41) is 0. The lowest BCUT2D eigenvalue weighted by Crippen LogP contribution is -1.97. The number of rotatable bonds is 23. The van der Waals surface area contributed by atoms with Gasteiger partial charge in [0.1, 0.15) is 12.0 Å². The second kappa shape index (κ2) is 21.9. The Bertz CT molecular complexity index is 511. The van der Waals surface area contributed by atoms with Gasteiger partial charge in [0.2, 0.25) is 0 Å². The first kappa shape index (κ1) is 27.7. The summed E-state index contributed by atoms with van der Waals surface area (Å²) in [7, 11) is 0. The van der Waals surface area contributed by atoms with Gasteiger partial charge in [-0.3, -0.25) is 4.79 Å². The first-order chi connectivity index (χ1) is 15.4. The minimum Gasteiger partial charge on any atom is -0.494 e. The molecule has 2 heteroatoms. The van der Waals surface area contributed by atoms with E-state index in [2.05, 4.69) is 6.92 Å². The van der Waals surface area contributed by atoms with Crippen molar-refractivity contribution in [3.8, 4) is 5.75 Å². The Labute approximate surface area is 193 Å². The Morgan fingerprint density at radius 3 is 1.45 bits per heavy atom. The van der Waals surface area contributed by atoms with E-state index in [9.17, 15) is 4.79 Å². The van der Waals surface area contributed by atoms with Crippen LogP contribution in [-0.2, 0) is 0 Å². The summed E-state index contributed by atoms with van der Waals surface area (Å²) in [6, 6.07) is 7.40. The van der Waals surface area contributed by atoms with Gasteiger partial charge in [-0.1, -0.05) is 141 Å². The van der Waals surface area contributed by atoms with Crippen molar-refractivity contribution < 1.29 is 9.53 Å². The highest BCUT2D eigenvalue weighted by Gasteiger charge is 1.97. The van der Waals surface area contributed by atoms with Crippen molar-refractivity contribution in [2.75, 3.05) is 6.61 Å². The Morgan fingerprint density at radius 1 is 0.613 bits per heavy atom. The zero-order valence-corrected chi connectivity index (χ0v) is 20.6. The molecule has 0 aromatic heterocycles. The maximum absolute atomic E-state index is 10.8. The van der Waals surface area contributed by atoms with Gasteiger partial charge in [0.15, 0.2) is 0 Å². The van der Waals surface area contributed by atoms with Crippen LogP contribution in [0, 0.1) is 0 Å². The van der Waals surface area contributed by atoms with Gasteiger partial charge in [0.25, 0.3) is 0 Å². The lowest BCUT2D eigenvalue weighted by atomic mass is 10.0. The first-order valence-corrected chi connectivity index (χ1v) is 13.5. The molecule has 1 aromatic rings. The molecule has 0 atom stereocenters. The number of aldehydes is 1. The van der Waals surface area contributed by atoms with Gasteiger partial charge < -0.3 is 4.74 Å². The Hall–Kier alpha value is -1.31. The molecule has 0 radical (unpaired) electrons. The van der Waals surface area contributed by atoms with Crippen LogP contribution in [0.2, 0.25) is 0 Å². The van der Waals surface area contributed by atoms with Crippen LogP contribution in [0.4, 0.5) is 0 Å². The summed E-state index contributed by atoms with van der Waals surface area (Å²) in [6.07, 6.45) is 28.9. The summed E-state index contributed by atoms with van der Waals surface area (Å²) >= 11 is 0. The van der Waals surface area contributed by atoms with Crippen molar-refractivity contribution in [1.29, 1.82) is 0 Å². The van der Waals surface area contributed by atoms with Crippen molar-refractivity contribution in [3.05, 3.63) is 29.8 Å². The molecule has 0 saturated carbocycles. The van der Waals surface area contributed by atoms with Gasteiger partial charge in [0, 0.05) is 5.56 Å². The second-order valence-electron chi connectivity index (χ2n) is 9.26. The summed E-state index contributed by atoms with van der Waals surface area (Å²) in [5.41, 5.74) is 0.681. The molecule has 0 N–H and O–H groups in total. The third-order valence-electron chi connectivity index (χ3n) is 6.26. The van der Waals surface area contributed by atoms with E-state index < -0.39 is 0 Å². The summed E-state index contributed by atoms with van der Waals surface area (Å²) in [5.74, 6) is 0.808. The predicted octanol–water partition coefficient (Wildman–Crippen LogP) is 9.70. The molecule has 2 nitrogen and oxygen atoms in total. The largest absolute Gasteiger partial charge is 0.494 e. The Kier molecular flexibility index (Phi) is 19.6. The number of hydrogen-bond donors (Lipinski definition) is 0. The number of carbonyl (C=O) groups is 1. The molecule has 0 fully saturated rings. The van der Waals surface area contributed by atoms with E-state index in [1.165, 1.54) is 122 Å².